The summed E-state index contributed by atoms with van der Waals surface area (Å²) < 4.78 is 5.58. The standard InChI is InChI=1S/C22H22N2O3S/c1-14(17-7-5-4-6-8-17)23-20(26)13-27-19-11-9-18(10-12-19)22-24-15(2)21(28-22)16(3)25/h4-12,14H,13H2,1-3H3,(H,23,26)/t14-/m1/s1. The molecule has 0 unspecified atom stereocenters. The summed E-state index contributed by atoms with van der Waals surface area (Å²) >= 11 is 1.38. The molecule has 28 heavy (non-hydrogen) atoms. The van der Waals surface area contributed by atoms with Crippen LogP contribution in [0.25, 0.3) is 10.6 Å². The van der Waals surface area contributed by atoms with Crippen molar-refractivity contribution in [1.29, 1.82) is 0 Å². The zero-order chi connectivity index (χ0) is 20.1. The molecule has 1 N–H and O–H groups in total. The fourth-order valence-electron chi connectivity index (χ4n) is 2.80. The fourth-order valence-corrected chi connectivity index (χ4v) is 3.76. The highest BCUT2D eigenvalue weighted by Crippen LogP contribution is 2.29. The number of rotatable bonds is 7. The van der Waals surface area contributed by atoms with Gasteiger partial charge >= 0.3 is 0 Å². The Bertz CT molecular complexity index is 965. The van der Waals surface area contributed by atoms with Gasteiger partial charge in [-0.2, -0.15) is 0 Å². The molecule has 1 amide bonds. The highest BCUT2D eigenvalue weighted by molar-refractivity contribution is 7.17. The second-order valence-corrected chi connectivity index (χ2v) is 7.50. The van der Waals surface area contributed by atoms with Crippen molar-refractivity contribution in [2.45, 2.75) is 26.8 Å². The largest absolute Gasteiger partial charge is 0.484 e. The van der Waals surface area contributed by atoms with E-state index in [1.54, 1.807) is 19.1 Å². The first-order valence-corrected chi connectivity index (χ1v) is 9.81. The smallest absolute Gasteiger partial charge is 0.258 e. The average Bonchev–Trinajstić information content (AvgIpc) is 3.09. The van der Waals surface area contributed by atoms with E-state index in [1.165, 1.54) is 11.3 Å². The second-order valence-electron chi connectivity index (χ2n) is 6.50. The summed E-state index contributed by atoms with van der Waals surface area (Å²) in [6.45, 7) is 5.27. The van der Waals surface area contributed by atoms with Crippen molar-refractivity contribution in [1.82, 2.24) is 10.3 Å². The van der Waals surface area contributed by atoms with Crippen LogP contribution in [-0.2, 0) is 4.79 Å². The van der Waals surface area contributed by atoms with Crippen LogP contribution in [-0.4, -0.2) is 23.3 Å². The number of Topliss-reactive ketones (excluding diaryl/α,β-unsaturated/α-hetero) is 1. The van der Waals surface area contributed by atoms with Crippen LogP contribution >= 0.6 is 11.3 Å². The molecule has 0 radical (unpaired) electrons. The van der Waals surface area contributed by atoms with Gasteiger partial charge in [-0.1, -0.05) is 30.3 Å². The SMILES string of the molecule is CC(=O)c1sc(-c2ccc(OCC(=O)N[C@H](C)c3ccccc3)cc2)nc1C. The molecule has 0 fully saturated rings. The maximum absolute atomic E-state index is 12.1. The van der Waals surface area contributed by atoms with Crippen molar-refractivity contribution < 1.29 is 14.3 Å². The number of hydrogen-bond acceptors (Lipinski definition) is 5. The number of carbonyl (C=O) groups is 2. The molecule has 1 atom stereocenters. The van der Waals surface area contributed by atoms with Crippen molar-refractivity contribution in [3.8, 4) is 16.3 Å². The van der Waals surface area contributed by atoms with E-state index in [1.807, 2.05) is 56.3 Å². The number of aromatic nitrogens is 1. The van der Waals surface area contributed by atoms with Crippen LogP contribution in [0.3, 0.4) is 0 Å². The van der Waals surface area contributed by atoms with E-state index in [-0.39, 0.29) is 24.3 Å². The summed E-state index contributed by atoms with van der Waals surface area (Å²) in [4.78, 5) is 28.9. The molecular formula is C22H22N2O3S. The first-order chi connectivity index (χ1) is 13.4. The Kier molecular flexibility index (Phi) is 6.21. The van der Waals surface area contributed by atoms with E-state index in [0.717, 1.165) is 21.8 Å². The van der Waals surface area contributed by atoms with Gasteiger partial charge in [0, 0.05) is 12.5 Å². The molecule has 0 aliphatic carbocycles. The molecule has 0 saturated carbocycles. The Hall–Kier alpha value is -2.99. The number of nitrogens with zero attached hydrogens (tertiary/aromatic N) is 1. The Balaban J connectivity index is 1.56. The highest BCUT2D eigenvalue weighted by Gasteiger charge is 2.13. The average molecular weight is 394 g/mol. The van der Waals surface area contributed by atoms with Crippen LogP contribution in [0.2, 0.25) is 0 Å². The van der Waals surface area contributed by atoms with Crippen LogP contribution in [0.1, 0.15) is 40.8 Å². The van der Waals surface area contributed by atoms with Gasteiger partial charge in [-0.05, 0) is 43.7 Å². The van der Waals surface area contributed by atoms with E-state index < -0.39 is 0 Å². The van der Waals surface area contributed by atoms with Crippen LogP contribution < -0.4 is 10.1 Å². The molecule has 0 aliphatic heterocycles. The van der Waals surface area contributed by atoms with Gasteiger partial charge in [-0.25, -0.2) is 4.98 Å². The molecule has 0 saturated heterocycles. The van der Waals surface area contributed by atoms with E-state index in [4.69, 9.17) is 4.74 Å². The molecule has 3 rings (SSSR count). The lowest BCUT2D eigenvalue weighted by atomic mass is 10.1. The number of aryl methyl sites for hydroxylation is 1. The number of nitrogens with one attached hydrogen (secondary N) is 1. The van der Waals surface area contributed by atoms with Gasteiger partial charge in [0.05, 0.1) is 16.6 Å². The van der Waals surface area contributed by atoms with E-state index in [2.05, 4.69) is 10.3 Å². The summed E-state index contributed by atoms with van der Waals surface area (Å²) in [5, 5.41) is 3.71. The zero-order valence-electron chi connectivity index (χ0n) is 16.1. The second kappa shape index (κ2) is 8.80. The van der Waals surface area contributed by atoms with Crippen molar-refractivity contribution >= 4 is 23.0 Å². The summed E-state index contributed by atoms with van der Waals surface area (Å²) in [5.74, 6) is 0.449. The minimum atomic E-state index is -0.179. The number of carbonyl (C=O) groups excluding carboxylic acids is 2. The first-order valence-electron chi connectivity index (χ1n) is 9.00. The number of thiazole rings is 1. The van der Waals surface area contributed by atoms with Gasteiger partial charge in [0.25, 0.3) is 5.91 Å². The lowest BCUT2D eigenvalue weighted by Gasteiger charge is -2.14. The minimum Gasteiger partial charge on any atom is -0.484 e. The molecule has 3 aromatic rings. The summed E-state index contributed by atoms with van der Waals surface area (Å²) in [7, 11) is 0. The molecule has 0 spiro atoms. The fraction of sp³-hybridized carbons (Fsp3) is 0.227. The minimum absolute atomic E-state index is 0.0250. The predicted molar refractivity (Wildman–Crippen MR) is 111 cm³/mol. The molecular weight excluding hydrogens is 372 g/mol. The van der Waals surface area contributed by atoms with Crippen LogP contribution in [0, 0.1) is 6.92 Å². The third-order valence-corrected chi connectivity index (χ3v) is 5.57. The van der Waals surface area contributed by atoms with Crippen LogP contribution in [0.15, 0.2) is 54.6 Å². The quantitative estimate of drug-likeness (QED) is 0.596. The summed E-state index contributed by atoms with van der Waals surface area (Å²) in [6.07, 6.45) is 0. The lowest BCUT2D eigenvalue weighted by Crippen LogP contribution is -2.31. The van der Waals surface area contributed by atoms with Gasteiger partial charge in [0.2, 0.25) is 0 Å². The molecule has 0 bridgehead atoms. The summed E-state index contributed by atoms with van der Waals surface area (Å²) in [6, 6.07) is 17.1. The zero-order valence-corrected chi connectivity index (χ0v) is 16.9. The third kappa shape index (κ3) is 4.84. The monoisotopic (exact) mass is 394 g/mol. The third-order valence-electron chi connectivity index (χ3n) is 4.26. The van der Waals surface area contributed by atoms with Crippen molar-refractivity contribution in [3.05, 3.63) is 70.7 Å². The van der Waals surface area contributed by atoms with E-state index >= 15 is 0 Å². The topological polar surface area (TPSA) is 68.3 Å². The molecule has 5 nitrogen and oxygen atoms in total. The Morgan fingerprint density at radius 2 is 1.79 bits per heavy atom. The number of hydrogen-bond donors (Lipinski definition) is 1. The normalized spacial score (nSPS) is 11.7. The Morgan fingerprint density at radius 1 is 1.11 bits per heavy atom. The number of benzene rings is 2. The molecule has 0 aliphatic rings. The van der Waals surface area contributed by atoms with E-state index in [0.29, 0.717) is 10.6 Å². The van der Waals surface area contributed by atoms with Gasteiger partial charge in [-0.15, -0.1) is 11.3 Å². The van der Waals surface area contributed by atoms with Gasteiger partial charge < -0.3 is 10.1 Å². The Morgan fingerprint density at radius 3 is 2.39 bits per heavy atom. The van der Waals surface area contributed by atoms with Crippen LogP contribution in [0.5, 0.6) is 5.75 Å². The van der Waals surface area contributed by atoms with Crippen LogP contribution in [0.4, 0.5) is 0 Å². The van der Waals surface area contributed by atoms with Gasteiger partial charge in [0.1, 0.15) is 10.8 Å². The number of ketones is 1. The maximum Gasteiger partial charge on any atom is 0.258 e. The van der Waals surface area contributed by atoms with E-state index in [9.17, 15) is 9.59 Å². The Labute approximate surface area is 168 Å². The number of ether oxygens (including phenoxy) is 1. The van der Waals surface area contributed by atoms with Crippen molar-refractivity contribution in [2.24, 2.45) is 0 Å². The molecule has 1 heterocycles. The maximum atomic E-state index is 12.1. The number of amides is 1. The van der Waals surface area contributed by atoms with Crippen molar-refractivity contribution in [3.63, 3.8) is 0 Å². The highest BCUT2D eigenvalue weighted by atomic mass is 32.1. The van der Waals surface area contributed by atoms with Crippen molar-refractivity contribution in [2.75, 3.05) is 6.61 Å². The molecule has 2 aromatic carbocycles. The predicted octanol–water partition coefficient (Wildman–Crippen LogP) is 4.58. The molecule has 6 heteroatoms. The summed E-state index contributed by atoms with van der Waals surface area (Å²) in [5.41, 5.74) is 2.70. The first kappa shape index (κ1) is 19.8. The molecule has 1 aromatic heterocycles. The van der Waals surface area contributed by atoms with Gasteiger partial charge in [-0.3, -0.25) is 9.59 Å². The van der Waals surface area contributed by atoms with Gasteiger partial charge in [0.15, 0.2) is 12.4 Å². The lowest BCUT2D eigenvalue weighted by molar-refractivity contribution is -0.123. The molecule has 144 valence electrons.